The van der Waals surface area contributed by atoms with Crippen molar-refractivity contribution in [3.05, 3.63) is 0 Å². The molecule has 2 atom stereocenters. The van der Waals surface area contributed by atoms with Gasteiger partial charge in [0.05, 0.1) is 12.1 Å². The Kier molecular flexibility index (Phi) is 2.24. The number of rotatable bonds is 1. The van der Waals surface area contributed by atoms with Gasteiger partial charge in [-0.2, -0.15) is 0 Å². The molecule has 1 heterocycles. The van der Waals surface area contributed by atoms with Crippen molar-refractivity contribution in [2.24, 2.45) is 11.7 Å². The molecule has 0 aromatic heterocycles. The average molecular weight is 144 g/mol. The highest BCUT2D eigenvalue weighted by Crippen LogP contribution is 2.12. The Morgan fingerprint density at radius 3 is 2.80 bits per heavy atom. The number of hydrogen-bond acceptors (Lipinski definition) is 3. The topological polar surface area (TPSA) is 75.3 Å². The molecule has 58 valence electrons. The number of carboxylic acid groups (broad SMARTS) is 1. The summed E-state index contributed by atoms with van der Waals surface area (Å²) in [5.74, 6) is -1.19. The molecule has 4 heteroatoms. The first-order chi connectivity index (χ1) is 4.72. The Morgan fingerprint density at radius 1 is 1.70 bits per heavy atom. The van der Waals surface area contributed by atoms with Gasteiger partial charge >= 0.3 is 5.97 Å². The number of carbonyl (C=O) groups is 1. The van der Waals surface area contributed by atoms with E-state index < -0.39 is 11.9 Å². The van der Waals surface area contributed by atoms with Gasteiger partial charge in [0.15, 0.2) is 0 Å². The lowest BCUT2D eigenvalue weighted by Crippen LogP contribution is -2.50. The summed E-state index contributed by atoms with van der Waals surface area (Å²) in [6.45, 7) is 0.838. The van der Waals surface area contributed by atoms with Gasteiger partial charge < -0.3 is 16.2 Å². The summed E-state index contributed by atoms with van der Waals surface area (Å²) < 4.78 is 0. The first-order valence-corrected chi connectivity index (χ1v) is 3.43. The zero-order chi connectivity index (χ0) is 7.56. The normalized spacial score (nSPS) is 33.7. The first kappa shape index (κ1) is 7.50. The van der Waals surface area contributed by atoms with E-state index in [1.807, 2.05) is 0 Å². The van der Waals surface area contributed by atoms with E-state index in [1.54, 1.807) is 0 Å². The van der Waals surface area contributed by atoms with Crippen LogP contribution in [0.1, 0.15) is 12.8 Å². The highest BCUT2D eigenvalue weighted by atomic mass is 16.4. The molecule has 0 amide bonds. The van der Waals surface area contributed by atoms with Crippen molar-refractivity contribution in [3.63, 3.8) is 0 Å². The van der Waals surface area contributed by atoms with E-state index in [2.05, 4.69) is 5.32 Å². The Hall–Kier alpha value is -0.610. The fraction of sp³-hybridized carbons (Fsp3) is 0.833. The molecule has 0 bridgehead atoms. The van der Waals surface area contributed by atoms with Gasteiger partial charge in [-0.3, -0.25) is 4.79 Å². The van der Waals surface area contributed by atoms with Gasteiger partial charge in [-0.15, -0.1) is 0 Å². The molecular formula is C6H12N2O2. The molecule has 0 aliphatic carbocycles. The smallest absolute Gasteiger partial charge is 0.309 e. The molecule has 0 aromatic carbocycles. The monoisotopic (exact) mass is 144 g/mol. The predicted molar refractivity (Wildman–Crippen MR) is 36.3 cm³/mol. The van der Waals surface area contributed by atoms with E-state index in [9.17, 15) is 4.79 Å². The van der Waals surface area contributed by atoms with Gasteiger partial charge in [0.25, 0.3) is 0 Å². The molecule has 1 fully saturated rings. The Morgan fingerprint density at radius 2 is 2.40 bits per heavy atom. The molecule has 0 spiro atoms. The molecule has 10 heavy (non-hydrogen) atoms. The van der Waals surface area contributed by atoms with Gasteiger partial charge in [0.2, 0.25) is 0 Å². The summed E-state index contributed by atoms with van der Waals surface area (Å²) in [6, 6.07) is 0. The van der Waals surface area contributed by atoms with Crippen molar-refractivity contribution in [3.8, 4) is 0 Å². The van der Waals surface area contributed by atoms with Crippen molar-refractivity contribution in [1.82, 2.24) is 5.32 Å². The van der Waals surface area contributed by atoms with Crippen molar-refractivity contribution in [1.29, 1.82) is 0 Å². The molecule has 1 saturated heterocycles. The first-order valence-electron chi connectivity index (χ1n) is 3.43. The summed E-state index contributed by atoms with van der Waals surface area (Å²) in [5, 5.41) is 11.5. The second-order valence-electron chi connectivity index (χ2n) is 2.57. The minimum absolute atomic E-state index is 0.355. The highest BCUT2D eigenvalue weighted by molar-refractivity contribution is 5.70. The summed E-state index contributed by atoms with van der Waals surface area (Å²) in [4.78, 5) is 10.4. The van der Waals surface area contributed by atoms with Crippen LogP contribution in [0.3, 0.4) is 0 Å². The van der Waals surface area contributed by atoms with Crippen LogP contribution in [0.5, 0.6) is 0 Å². The predicted octanol–water partition coefficient (Wildman–Crippen LogP) is -0.645. The zero-order valence-electron chi connectivity index (χ0n) is 5.71. The molecule has 1 aliphatic rings. The van der Waals surface area contributed by atoms with Crippen LogP contribution in [0.25, 0.3) is 0 Å². The molecule has 1 aliphatic heterocycles. The summed E-state index contributed by atoms with van der Waals surface area (Å²) >= 11 is 0. The van der Waals surface area contributed by atoms with Crippen LogP contribution in [-0.4, -0.2) is 23.8 Å². The fourth-order valence-corrected chi connectivity index (χ4v) is 1.19. The van der Waals surface area contributed by atoms with Gasteiger partial charge in [0.1, 0.15) is 0 Å². The van der Waals surface area contributed by atoms with E-state index >= 15 is 0 Å². The van der Waals surface area contributed by atoms with Crippen LogP contribution in [-0.2, 0) is 4.79 Å². The number of carboxylic acids is 1. The summed E-state index contributed by atoms with van der Waals surface area (Å²) in [5.41, 5.74) is 5.49. The number of aliphatic carboxylic acids is 1. The van der Waals surface area contributed by atoms with Crippen molar-refractivity contribution in [2.75, 3.05) is 6.54 Å². The molecule has 4 nitrogen and oxygen atoms in total. The average Bonchev–Trinajstić information content (AvgIpc) is 1.88. The van der Waals surface area contributed by atoms with Crippen molar-refractivity contribution < 1.29 is 9.90 Å². The van der Waals surface area contributed by atoms with Gasteiger partial charge in [0, 0.05) is 0 Å². The molecule has 4 N–H and O–H groups in total. The molecule has 0 radical (unpaired) electrons. The Bertz CT molecular complexity index is 138. The number of nitrogens with two attached hydrogens (primary N) is 1. The minimum atomic E-state index is -0.792. The number of hydrogen-bond donors (Lipinski definition) is 3. The maximum Gasteiger partial charge on any atom is 0.309 e. The van der Waals surface area contributed by atoms with E-state index in [1.165, 1.54) is 0 Å². The largest absolute Gasteiger partial charge is 0.481 e. The van der Waals surface area contributed by atoms with Crippen molar-refractivity contribution >= 4 is 5.97 Å². The number of piperidine rings is 1. The van der Waals surface area contributed by atoms with E-state index in [0.717, 1.165) is 13.0 Å². The fourth-order valence-electron chi connectivity index (χ4n) is 1.19. The standard InChI is InChI=1S/C6H12N2O2/c7-5-4(6(9)10)2-1-3-8-5/h4-5,8H,1-3,7H2,(H,9,10). The Balaban J connectivity index is 2.47. The van der Waals surface area contributed by atoms with Crippen molar-refractivity contribution in [2.45, 2.75) is 19.0 Å². The second-order valence-corrected chi connectivity index (χ2v) is 2.57. The summed E-state index contributed by atoms with van der Waals surface area (Å²) in [6.07, 6.45) is 1.25. The van der Waals surface area contributed by atoms with E-state index in [4.69, 9.17) is 10.8 Å². The lowest BCUT2D eigenvalue weighted by atomic mass is 9.97. The van der Waals surface area contributed by atoms with Crippen LogP contribution >= 0.6 is 0 Å². The van der Waals surface area contributed by atoms with Gasteiger partial charge in [-0.25, -0.2) is 0 Å². The maximum absolute atomic E-state index is 10.4. The lowest BCUT2D eigenvalue weighted by Gasteiger charge is -2.25. The molecule has 0 aromatic rings. The van der Waals surface area contributed by atoms with E-state index in [-0.39, 0.29) is 6.17 Å². The minimum Gasteiger partial charge on any atom is -0.481 e. The maximum atomic E-state index is 10.4. The molecular weight excluding hydrogens is 132 g/mol. The second kappa shape index (κ2) is 2.98. The van der Waals surface area contributed by atoms with Gasteiger partial charge in [-0.05, 0) is 19.4 Å². The molecule has 0 saturated carbocycles. The summed E-state index contributed by atoms with van der Waals surface area (Å²) in [7, 11) is 0. The van der Waals surface area contributed by atoms with Crippen LogP contribution in [0.4, 0.5) is 0 Å². The molecule has 1 rings (SSSR count). The van der Waals surface area contributed by atoms with Crippen LogP contribution in [0.15, 0.2) is 0 Å². The molecule has 2 unspecified atom stereocenters. The third-order valence-electron chi connectivity index (χ3n) is 1.82. The third kappa shape index (κ3) is 1.46. The zero-order valence-corrected chi connectivity index (χ0v) is 5.71. The van der Waals surface area contributed by atoms with Crippen LogP contribution in [0, 0.1) is 5.92 Å². The van der Waals surface area contributed by atoms with Crippen LogP contribution in [0.2, 0.25) is 0 Å². The SMILES string of the molecule is NC1NCCCC1C(=O)O. The third-order valence-corrected chi connectivity index (χ3v) is 1.82. The van der Waals surface area contributed by atoms with Crippen LogP contribution < -0.4 is 11.1 Å². The lowest BCUT2D eigenvalue weighted by molar-refractivity contribution is -0.143. The van der Waals surface area contributed by atoms with Gasteiger partial charge in [-0.1, -0.05) is 0 Å². The van der Waals surface area contributed by atoms with E-state index in [0.29, 0.717) is 6.42 Å². The highest BCUT2D eigenvalue weighted by Gasteiger charge is 2.27. The number of nitrogens with one attached hydrogen (secondary N) is 1. The Labute approximate surface area is 59.4 Å². The quantitative estimate of drug-likeness (QED) is 0.457.